The number of anilines is 1. The summed E-state index contributed by atoms with van der Waals surface area (Å²) >= 11 is 3.44. The largest absolute Gasteiger partial charge is 0.472 e. The molecular weight excluding hydrogens is 418 g/mol. The van der Waals surface area contributed by atoms with Crippen LogP contribution in [-0.4, -0.2) is 17.2 Å². The zero-order chi connectivity index (χ0) is 19.6. The van der Waals surface area contributed by atoms with Gasteiger partial charge in [0.05, 0.1) is 11.1 Å². The first-order valence-electron chi connectivity index (χ1n) is 8.40. The Hall–Kier alpha value is -2.25. The number of hydrogen-bond acceptors (Lipinski definition) is 4. The van der Waals surface area contributed by atoms with Gasteiger partial charge in [-0.15, -0.1) is 0 Å². The Kier molecular flexibility index (Phi) is 5.92. The van der Waals surface area contributed by atoms with Crippen molar-refractivity contribution in [2.24, 2.45) is 4.99 Å². The molecule has 0 aliphatic carbocycles. The normalized spacial score (nSPS) is 16.8. The molecule has 7 heteroatoms. The van der Waals surface area contributed by atoms with Gasteiger partial charge in [0.15, 0.2) is 0 Å². The summed E-state index contributed by atoms with van der Waals surface area (Å²) in [4.78, 5) is 6.49. The van der Waals surface area contributed by atoms with Crippen LogP contribution < -0.4 is 4.90 Å². The molecular formula is C20H19BrF2N2O2. The number of aliphatic hydroxyl groups excluding tert-OH is 1. The number of hydrogen-bond donors (Lipinski definition) is 1. The van der Waals surface area contributed by atoms with Gasteiger partial charge in [-0.3, -0.25) is 0 Å². The van der Waals surface area contributed by atoms with Crippen LogP contribution in [0.5, 0.6) is 0 Å². The first-order chi connectivity index (χ1) is 12.9. The maximum absolute atomic E-state index is 13.8. The van der Waals surface area contributed by atoms with E-state index in [4.69, 9.17) is 4.74 Å². The summed E-state index contributed by atoms with van der Waals surface area (Å²) in [7, 11) is 0. The minimum Gasteiger partial charge on any atom is -0.472 e. The Morgan fingerprint density at radius 2 is 2.00 bits per heavy atom. The molecule has 1 N–H and O–H groups in total. The van der Waals surface area contributed by atoms with Gasteiger partial charge in [0, 0.05) is 23.5 Å². The Morgan fingerprint density at radius 3 is 2.70 bits per heavy atom. The average Bonchev–Trinajstić information content (AvgIpc) is 2.64. The van der Waals surface area contributed by atoms with E-state index < -0.39 is 11.6 Å². The van der Waals surface area contributed by atoms with Crippen molar-refractivity contribution in [3.8, 4) is 0 Å². The SMILES string of the molecule is Cc1ccc(CO)cc1N1C=C(Br)C(OCc2ccc(F)cc2F)=NC1C. The van der Waals surface area contributed by atoms with Crippen molar-refractivity contribution >= 4 is 27.5 Å². The standard InChI is InChI=1S/C20H19BrF2N2O2/c1-12-3-4-14(10-26)7-19(12)25-9-17(21)20(24-13(25)2)27-11-15-5-6-16(22)8-18(15)23/h3-9,13,26H,10-11H2,1-2H3. The highest BCUT2D eigenvalue weighted by atomic mass is 79.9. The predicted molar refractivity (Wildman–Crippen MR) is 105 cm³/mol. The lowest BCUT2D eigenvalue weighted by Crippen LogP contribution is -2.32. The van der Waals surface area contributed by atoms with Gasteiger partial charge < -0.3 is 14.7 Å². The molecule has 1 aliphatic rings. The minimum atomic E-state index is -0.655. The Bertz CT molecular complexity index is 915. The summed E-state index contributed by atoms with van der Waals surface area (Å²) < 4.78 is 33.0. The topological polar surface area (TPSA) is 45.1 Å². The summed E-state index contributed by atoms with van der Waals surface area (Å²) in [6.45, 7) is 3.79. The van der Waals surface area contributed by atoms with Crippen LogP contribution in [0.3, 0.4) is 0 Å². The minimum absolute atomic E-state index is 0.0404. The van der Waals surface area contributed by atoms with Gasteiger partial charge in [-0.25, -0.2) is 13.8 Å². The molecule has 0 radical (unpaired) electrons. The fraction of sp³-hybridized carbons (Fsp3) is 0.250. The van der Waals surface area contributed by atoms with Crippen molar-refractivity contribution in [1.82, 2.24) is 0 Å². The average molecular weight is 437 g/mol. The van der Waals surface area contributed by atoms with Crippen LogP contribution in [0.2, 0.25) is 0 Å². The number of ether oxygens (including phenoxy) is 1. The molecule has 142 valence electrons. The van der Waals surface area contributed by atoms with E-state index in [-0.39, 0.29) is 24.9 Å². The van der Waals surface area contributed by atoms with Gasteiger partial charge in [-0.2, -0.15) is 0 Å². The second kappa shape index (κ2) is 8.19. The monoisotopic (exact) mass is 436 g/mol. The Morgan fingerprint density at radius 1 is 1.22 bits per heavy atom. The van der Waals surface area contributed by atoms with Crippen LogP contribution >= 0.6 is 15.9 Å². The lowest BCUT2D eigenvalue weighted by Gasteiger charge is -2.31. The lowest BCUT2D eigenvalue weighted by atomic mass is 10.1. The molecule has 2 aromatic carbocycles. The number of aliphatic hydroxyl groups is 1. The second-order valence-electron chi connectivity index (χ2n) is 6.25. The molecule has 0 saturated carbocycles. The summed E-state index contributed by atoms with van der Waals surface area (Å²) in [6, 6.07) is 9.11. The first kappa shape index (κ1) is 19.5. The van der Waals surface area contributed by atoms with E-state index in [1.165, 1.54) is 12.1 Å². The van der Waals surface area contributed by atoms with Crippen LogP contribution in [0.1, 0.15) is 23.6 Å². The van der Waals surface area contributed by atoms with Crippen LogP contribution in [0.4, 0.5) is 14.5 Å². The molecule has 4 nitrogen and oxygen atoms in total. The maximum atomic E-state index is 13.8. The highest BCUT2D eigenvalue weighted by Gasteiger charge is 2.23. The van der Waals surface area contributed by atoms with E-state index in [2.05, 4.69) is 20.9 Å². The zero-order valence-electron chi connectivity index (χ0n) is 14.9. The number of halogens is 3. The number of nitrogens with zero attached hydrogens (tertiary/aromatic N) is 2. The summed E-state index contributed by atoms with van der Waals surface area (Å²) in [5, 5.41) is 9.38. The molecule has 1 unspecified atom stereocenters. The molecule has 1 heterocycles. The van der Waals surface area contributed by atoms with E-state index >= 15 is 0 Å². The van der Waals surface area contributed by atoms with Crippen molar-refractivity contribution in [3.05, 3.63) is 75.4 Å². The van der Waals surface area contributed by atoms with E-state index in [0.717, 1.165) is 22.9 Å². The van der Waals surface area contributed by atoms with Crippen LogP contribution in [-0.2, 0) is 18.0 Å². The van der Waals surface area contributed by atoms with Gasteiger partial charge >= 0.3 is 0 Å². The van der Waals surface area contributed by atoms with Crippen LogP contribution in [0.25, 0.3) is 0 Å². The molecule has 0 spiro atoms. The van der Waals surface area contributed by atoms with Gasteiger partial charge in [-0.1, -0.05) is 12.1 Å². The molecule has 0 saturated heterocycles. The molecule has 2 aromatic rings. The maximum Gasteiger partial charge on any atom is 0.227 e. The third-order valence-corrected chi connectivity index (χ3v) is 4.82. The smallest absolute Gasteiger partial charge is 0.227 e. The molecule has 27 heavy (non-hydrogen) atoms. The molecule has 1 atom stereocenters. The van der Waals surface area contributed by atoms with Gasteiger partial charge in [0.25, 0.3) is 0 Å². The predicted octanol–water partition coefficient (Wildman–Crippen LogP) is 4.78. The van der Waals surface area contributed by atoms with Gasteiger partial charge in [0.2, 0.25) is 5.90 Å². The molecule has 0 aromatic heterocycles. The quantitative estimate of drug-likeness (QED) is 0.749. The highest BCUT2D eigenvalue weighted by Crippen LogP contribution is 2.30. The summed E-state index contributed by atoms with van der Waals surface area (Å²) in [5.41, 5.74) is 3.04. The fourth-order valence-electron chi connectivity index (χ4n) is 2.77. The van der Waals surface area contributed by atoms with Crippen molar-refractivity contribution in [2.75, 3.05) is 4.90 Å². The Labute approximate surface area is 164 Å². The number of aryl methyl sites for hydroxylation is 1. The fourth-order valence-corrected chi connectivity index (χ4v) is 3.21. The molecule has 0 bridgehead atoms. The highest BCUT2D eigenvalue weighted by molar-refractivity contribution is 9.12. The van der Waals surface area contributed by atoms with E-state index in [0.29, 0.717) is 10.4 Å². The van der Waals surface area contributed by atoms with Gasteiger partial charge in [-0.05, 0) is 59.1 Å². The summed E-state index contributed by atoms with van der Waals surface area (Å²) in [6.07, 6.45) is 1.59. The summed E-state index contributed by atoms with van der Waals surface area (Å²) in [5.74, 6) is -0.937. The van der Waals surface area contributed by atoms with Crippen molar-refractivity contribution in [3.63, 3.8) is 0 Å². The Balaban J connectivity index is 1.78. The first-order valence-corrected chi connectivity index (χ1v) is 9.19. The molecule has 0 fully saturated rings. The molecule has 3 rings (SSSR count). The zero-order valence-corrected chi connectivity index (χ0v) is 16.5. The van der Waals surface area contributed by atoms with E-state index in [1.807, 2.05) is 43.1 Å². The van der Waals surface area contributed by atoms with E-state index in [1.54, 1.807) is 0 Å². The number of rotatable bonds is 4. The van der Waals surface area contributed by atoms with E-state index in [9.17, 15) is 13.9 Å². The van der Waals surface area contributed by atoms with Crippen LogP contribution in [0, 0.1) is 18.6 Å². The van der Waals surface area contributed by atoms with Crippen molar-refractivity contribution in [2.45, 2.75) is 33.2 Å². The molecule has 0 amide bonds. The van der Waals surface area contributed by atoms with Gasteiger partial charge in [0.1, 0.15) is 24.4 Å². The van der Waals surface area contributed by atoms with Crippen molar-refractivity contribution in [1.29, 1.82) is 0 Å². The van der Waals surface area contributed by atoms with Crippen molar-refractivity contribution < 1.29 is 18.6 Å². The number of aliphatic imine (C=N–C) groups is 1. The third kappa shape index (κ3) is 4.36. The number of benzene rings is 2. The van der Waals surface area contributed by atoms with Crippen LogP contribution in [0.15, 0.2) is 52.1 Å². The second-order valence-corrected chi connectivity index (χ2v) is 7.11. The third-order valence-electron chi connectivity index (χ3n) is 4.28. The lowest BCUT2D eigenvalue weighted by molar-refractivity contribution is 0.281. The molecule has 1 aliphatic heterocycles.